The number of hydrogen-bond donors (Lipinski definition) is 1. The summed E-state index contributed by atoms with van der Waals surface area (Å²) in [5.74, 6) is -0.872. The number of carbonyl (C=O) groups excluding carboxylic acids is 2. The average Bonchev–Trinajstić information content (AvgIpc) is 3.01. The van der Waals surface area contributed by atoms with Gasteiger partial charge in [-0.05, 0) is 60.9 Å². The van der Waals surface area contributed by atoms with Crippen LogP contribution in [-0.2, 0) is 9.59 Å². The molecule has 2 amide bonds. The minimum absolute atomic E-state index is 0.146. The number of methoxy groups -OCH3 is 1. The number of aryl methyl sites for hydroxylation is 1. The fraction of sp³-hybridized carbons (Fsp3) is 0.120. The van der Waals surface area contributed by atoms with Crippen LogP contribution in [0.2, 0.25) is 0 Å². The van der Waals surface area contributed by atoms with Gasteiger partial charge in [-0.15, -0.1) is 0 Å². The molecule has 156 valence electrons. The van der Waals surface area contributed by atoms with E-state index in [4.69, 9.17) is 4.74 Å². The third kappa shape index (κ3) is 3.68. The van der Waals surface area contributed by atoms with Crippen molar-refractivity contribution in [2.24, 2.45) is 0 Å². The number of rotatable bonds is 5. The van der Waals surface area contributed by atoms with E-state index in [1.165, 1.54) is 31.4 Å². The Morgan fingerprint density at radius 3 is 2.32 bits per heavy atom. The van der Waals surface area contributed by atoms with Crippen LogP contribution in [0.1, 0.15) is 16.7 Å². The highest BCUT2D eigenvalue weighted by atomic mass is 19.1. The van der Waals surface area contributed by atoms with E-state index in [0.717, 1.165) is 21.7 Å². The zero-order valence-corrected chi connectivity index (χ0v) is 17.4. The van der Waals surface area contributed by atoms with Crippen molar-refractivity contribution in [2.75, 3.05) is 17.3 Å². The molecule has 1 aliphatic rings. The number of carbonyl (C=O) groups is 2. The lowest BCUT2D eigenvalue weighted by atomic mass is 10.0. The molecule has 0 fully saturated rings. The van der Waals surface area contributed by atoms with Gasteiger partial charge in [-0.3, -0.25) is 9.59 Å². The molecule has 0 radical (unpaired) electrons. The smallest absolute Gasteiger partial charge is 0.282 e. The maximum absolute atomic E-state index is 13.5. The van der Waals surface area contributed by atoms with Crippen LogP contribution < -0.4 is 15.0 Å². The van der Waals surface area contributed by atoms with Gasteiger partial charge in [-0.25, -0.2) is 9.29 Å². The lowest BCUT2D eigenvalue weighted by molar-refractivity contribution is -0.120. The summed E-state index contributed by atoms with van der Waals surface area (Å²) in [5, 5.41) is 3.16. The van der Waals surface area contributed by atoms with Crippen molar-refractivity contribution in [1.82, 2.24) is 0 Å². The average molecular weight is 416 g/mol. The Hall–Kier alpha value is -3.93. The molecule has 5 nitrogen and oxygen atoms in total. The van der Waals surface area contributed by atoms with Crippen molar-refractivity contribution in [1.29, 1.82) is 0 Å². The molecular formula is C25H21FN2O3. The van der Waals surface area contributed by atoms with Gasteiger partial charge in [0.25, 0.3) is 11.8 Å². The number of nitrogens with one attached hydrogen (secondary N) is 1. The van der Waals surface area contributed by atoms with Gasteiger partial charge in [-0.1, -0.05) is 30.3 Å². The van der Waals surface area contributed by atoms with Crippen LogP contribution in [-0.4, -0.2) is 18.9 Å². The summed E-state index contributed by atoms with van der Waals surface area (Å²) >= 11 is 0. The third-order valence-corrected chi connectivity index (χ3v) is 5.39. The first-order valence-corrected chi connectivity index (χ1v) is 9.77. The largest absolute Gasteiger partial charge is 0.497 e. The van der Waals surface area contributed by atoms with E-state index < -0.39 is 17.6 Å². The molecule has 4 rings (SSSR count). The molecule has 1 N–H and O–H groups in total. The summed E-state index contributed by atoms with van der Waals surface area (Å²) in [4.78, 5) is 28.0. The number of ether oxygens (including phenoxy) is 1. The Morgan fingerprint density at radius 2 is 1.61 bits per heavy atom. The molecule has 1 aliphatic heterocycles. The number of hydrogen-bond acceptors (Lipinski definition) is 4. The molecule has 0 saturated carbocycles. The van der Waals surface area contributed by atoms with Gasteiger partial charge in [0.2, 0.25) is 0 Å². The monoisotopic (exact) mass is 416 g/mol. The van der Waals surface area contributed by atoms with Crippen molar-refractivity contribution in [3.63, 3.8) is 0 Å². The summed E-state index contributed by atoms with van der Waals surface area (Å²) < 4.78 is 18.7. The van der Waals surface area contributed by atoms with Gasteiger partial charge < -0.3 is 10.1 Å². The summed E-state index contributed by atoms with van der Waals surface area (Å²) in [6.07, 6.45) is 0. The highest BCUT2D eigenvalue weighted by Gasteiger charge is 2.40. The number of imide groups is 1. The van der Waals surface area contributed by atoms with Gasteiger partial charge in [-0.2, -0.15) is 0 Å². The minimum Gasteiger partial charge on any atom is -0.497 e. The molecule has 0 saturated heterocycles. The fourth-order valence-corrected chi connectivity index (χ4v) is 3.54. The predicted octanol–water partition coefficient (Wildman–Crippen LogP) is 4.85. The molecule has 3 aromatic carbocycles. The van der Waals surface area contributed by atoms with E-state index in [0.29, 0.717) is 17.0 Å². The number of nitrogens with zero attached hydrogens (tertiary/aromatic N) is 1. The van der Waals surface area contributed by atoms with E-state index in [9.17, 15) is 14.0 Å². The van der Waals surface area contributed by atoms with Gasteiger partial charge >= 0.3 is 0 Å². The highest BCUT2D eigenvalue weighted by Crippen LogP contribution is 2.35. The van der Waals surface area contributed by atoms with Crippen LogP contribution >= 0.6 is 0 Å². The van der Waals surface area contributed by atoms with Crippen LogP contribution in [0.25, 0.3) is 5.57 Å². The highest BCUT2D eigenvalue weighted by molar-refractivity contribution is 6.46. The molecule has 3 aromatic rings. The van der Waals surface area contributed by atoms with Gasteiger partial charge in [0.1, 0.15) is 17.3 Å². The molecule has 0 spiro atoms. The van der Waals surface area contributed by atoms with Crippen molar-refractivity contribution >= 4 is 28.8 Å². The van der Waals surface area contributed by atoms with Gasteiger partial charge in [0.05, 0.1) is 18.4 Å². The second kappa shape index (κ2) is 8.07. The van der Waals surface area contributed by atoms with Crippen LogP contribution in [0.15, 0.2) is 72.4 Å². The van der Waals surface area contributed by atoms with E-state index >= 15 is 0 Å². The van der Waals surface area contributed by atoms with E-state index in [1.807, 2.05) is 32.0 Å². The first kappa shape index (κ1) is 20.3. The first-order valence-electron chi connectivity index (χ1n) is 9.77. The Labute approximate surface area is 179 Å². The molecule has 6 heteroatoms. The number of benzene rings is 3. The second-order valence-corrected chi connectivity index (χ2v) is 7.28. The maximum atomic E-state index is 13.5. The molecule has 0 bridgehead atoms. The number of anilines is 2. The summed E-state index contributed by atoms with van der Waals surface area (Å²) in [7, 11) is 1.52. The number of amides is 2. The summed E-state index contributed by atoms with van der Waals surface area (Å²) in [6.45, 7) is 3.91. The normalized spacial score (nSPS) is 13.7. The molecule has 1 heterocycles. The SMILES string of the molecule is COc1cccc(N2C(=O)C(Nc3cccc(C)c3C)=C(c3ccc(F)cc3)C2=O)c1. The summed E-state index contributed by atoms with van der Waals surface area (Å²) in [5.41, 5.74) is 3.93. The van der Waals surface area contributed by atoms with Crippen molar-refractivity contribution in [3.8, 4) is 5.75 Å². The maximum Gasteiger partial charge on any atom is 0.282 e. The minimum atomic E-state index is -0.488. The van der Waals surface area contributed by atoms with Crippen LogP contribution in [0.4, 0.5) is 15.8 Å². The third-order valence-electron chi connectivity index (χ3n) is 5.39. The Bertz CT molecular complexity index is 1220. The predicted molar refractivity (Wildman–Crippen MR) is 118 cm³/mol. The number of halogens is 1. The first-order chi connectivity index (χ1) is 14.9. The Morgan fingerprint density at radius 1 is 0.903 bits per heavy atom. The van der Waals surface area contributed by atoms with Crippen LogP contribution in [0.3, 0.4) is 0 Å². The summed E-state index contributed by atoms with van der Waals surface area (Å²) in [6, 6.07) is 18.0. The quantitative estimate of drug-likeness (QED) is 0.604. The fourth-order valence-electron chi connectivity index (χ4n) is 3.54. The second-order valence-electron chi connectivity index (χ2n) is 7.28. The van der Waals surface area contributed by atoms with Crippen molar-refractivity contribution < 1.29 is 18.7 Å². The lowest BCUT2D eigenvalue weighted by Gasteiger charge is -2.16. The molecule has 0 aliphatic carbocycles. The Kier molecular flexibility index (Phi) is 5.29. The molecule has 0 atom stereocenters. The zero-order valence-electron chi connectivity index (χ0n) is 17.4. The van der Waals surface area contributed by atoms with Crippen LogP contribution in [0.5, 0.6) is 5.75 Å². The molecule has 0 unspecified atom stereocenters. The topological polar surface area (TPSA) is 58.6 Å². The van der Waals surface area contributed by atoms with E-state index in [2.05, 4.69) is 5.32 Å². The van der Waals surface area contributed by atoms with Crippen LogP contribution in [0, 0.1) is 19.7 Å². The molecule has 31 heavy (non-hydrogen) atoms. The standard InChI is InChI=1S/C25H21FN2O3/c1-15-6-4-9-21(16(15)2)27-23-22(17-10-12-18(26)13-11-17)24(29)28(25(23)30)19-7-5-8-20(14-19)31-3/h4-14,27H,1-3H3. The van der Waals surface area contributed by atoms with E-state index in [-0.39, 0.29) is 11.3 Å². The Balaban J connectivity index is 1.84. The van der Waals surface area contributed by atoms with Gasteiger partial charge in [0.15, 0.2) is 0 Å². The van der Waals surface area contributed by atoms with Crippen molar-refractivity contribution in [2.45, 2.75) is 13.8 Å². The molecule has 0 aromatic heterocycles. The zero-order chi connectivity index (χ0) is 22.1. The van der Waals surface area contributed by atoms with E-state index in [1.54, 1.807) is 24.3 Å². The van der Waals surface area contributed by atoms with Gasteiger partial charge in [0, 0.05) is 11.8 Å². The lowest BCUT2D eigenvalue weighted by Crippen LogP contribution is -2.32. The molecular weight excluding hydrogens is 395 g/mol. The van der Waals surface area contributed by atoms with Crippen molar-refractivity contribution in [3.05, 3.63) is 94.9 Å².